The van der Waals surface area contributed by atoms with Crippen LogP contribution in [0.5, 0.6) is 0 Å². The fourth-order valence-corrected chi connectivity index (χ4v) is 6.63. The van der Waals surface area contributed by atoms with E-state index in [4.69, 9.17) is 0 Å². The number of aliphatic hydroxyl groups excluding tert-OH is 2. The number of hydrogen-bond acceptors (Lipinski definition) is 5. The van der Waals surface area contributed by atoms with E-state index < -0.39 is 29.9 Å². The van der Waals surface area contributed by atoms with Crippen molar-refractivity contribution in [1.82, 2.24) is 0 Å². The predicted molar refractivity (Wildman–Crippen MR) is 196 cm³/mol. The second-order valence-electron chi connectivity index (χ2n) is 14.5. The van der Waals surface area contributed by atoms with Gasteiger partial charge in [0.25, 0.3) is 0 Å². The van der Waals surface area contributed by atoms with E-state index in [-0.39, 0.29) is 12.8 Å². The Labute approximate surface area is 286 Å². The molecule has 3 N–H and O–H groups in total. The second-order valence-corrected chi connectivity index (χ2v) is 14.5. The lowest BCUT2D eigenvalue weighted by Crippen LogP contribution is -2.55. The number of hydrogen-bond donors (Lipinski definition) is 3. The van der Waals surface area contributed by atoms with Crippen LogP contribution in [0, 0.1) is 0 Å². The van der Waals surface area contributed by atoms with Gasteiger partial charge in [-0.05, 0) is 12.8 Å². The van der Waals surface area contributed by atoms with Crippen LogP contribution in [0.2, 0.25) is 0 Å². The molecule has 2 unspecified atom stereocenters. The molecule has 0 fully saturated rings. The number of aliphatic hydroxyl groups is 3. The standard InChI is InChI=1S/C41H80O5/c1-3-5-7-9-11-13-15-17-19-20-22-23-25-27-29-31-33-35-38(43)40(45)41(46,37-42)39(44)36-34-32-30-28-26-24-21-18-16-14-12-10-8-6-4-2/h40,42,45-46H,3-37H2,1-2H3. The van der Waals surface area contributed by atoms with Gasteiger partial charge >= 0.3 is 0 Å². The number of Topliss-reactive ketones (excluding diaryl/α,β-unsaturated/α-hetero) is 2. The van der Waals surface area contributed by atoms with E-state index in [2.05, 4.69) is 13.8 Å². The molecule has 0 radical (unpaired) electrons. The lowest BCUT2D eigenvalue weighted by atomic mass is 9.85. The summed E-state index contributed by atoms with van der Waals surface area (Å²) in [4.78, 5) is 25.2. The van der Waals surface area contributed by atoms with E-state index in [9.17, 15) is 24.9 Å². The highest BCUT2D eigenvalue weighted by molar-refractivity contribution is 5.96. The molecule has 46 heavy (non-hydrogen) atoms. The lowest BCUT2D eigenvalue weighted by molar-refractivity contribution is -0.165. The van der Waals surface area contributed by atoms with Gasteiger partial charge in [-0.2, -0.15) is 0 Å². The molecule has 0 aromatic carbocycles. The molecule has 0 heterocycles. The van der Waals surface area contributed by atoms with Crippen LogP contribution in [-0.4, -0.2) is 45.2 Å². The van der Waals surface area contributed by atoms with E-state index in [1.807, 2.05) is 0 Å². The molecule has 2 atom stereocenters. The summed E-state index contributed by atoms with van der Waals surface area (Å²) < 4.78 is 0. The number of carbonyl (C=O) groups is 2. The predicted octanol–water partition coefficient (Wildman–Crippen LogP) is 11.5. The average Bonchev–Trinajstić information content (AvgIpc) is 3.06. The van der Waals surface area contributed by atoms with E-state index in [0.29, 0.717) is 12.8 Å². The van der Waals surface area contributed by atoms with Crippen molar-refractivity contribution in [3.05, 3.63) is 0 Å². The Morgan fingerprint density at radius 3 is 0.935 bits per heavy atom. The Kier molecular flexibility index (Phi) is 33.5. The summed E-state index contributed by atoms with van der Waals surface area (Å²) >= 11 is 0. The van der Waals surface area contributed by atoms with Crippen LogP contribution >= 0.6 is 0 Å². The smallest absolute Gasteiger partial charge is 0.178 e. The maximum atomic E-state index is 12.7. The Morgan fingerprint density at radius 1 is 0.435 bits per heavy atom. The highest BCUT2D eigenvalue weighted by atomic mass is 16.4. The Bertz CT molecular complexity index is 665. The molecule has 0 amide bonds. The van der Waals surface area contributed by atoms with E-state index in [0.717, 1.165) is 38.5 Å². The highest BCUT2D eigenvalue weighted by Gasteiger charge is 2.45. The Morgan fingerprint density at radius 2 is 0.674 bits per heavy atom. The molecule has 0 bridgehead atoms. The summed E-state index contributed by atoms with van der Waals surface area (Å²) in [5.74, 6) is -1.16. The minimum Gasteiger partial charge on any atom is -0.393 e. The van der Waals surface area contributed by atoms with Crippen molar-refractivity contribution in [2.75, 3.05) is 6.61 Å². The summed E-state index contributed by atoms with van der Waals surface area (Å²) in [6.45, 7) is 3.61. The van der Waals surface area contributed by atoms with Crippen LogP contribution in [0.4, 0.5) is 0 Å². The van der Waals surface area contributed by atoms with E-state index in [1.165, 1.54) is 154 Å². The topological polar surface area (TPSA) is 94.8 Å². The molecule has 0 spiro atoms. The van der Waals surface area contributed by atoms with Gasteiger partial charge in [0.2, 0.25) is 0 Å². The zero-order valence-corrected chi connectivity index (χ0v) is 31.0. The van der Waals surface area contributed by atoms with Crippen LogP contribution in [0.3, 0.4) is 0 Å². The van der Waals surface area contributed by atoms with Crippen LogP contribution in [0.15, 0.2) is 0 Å². The number of unbranched alkanes of at least 4 members (excludes halogenated alkanes) is 30. The molecule has 0 aromatic heterocycles. The Hall–Kier alpha value is -0.780. The molecule has 0 rings (SSSR count). The first-order valence-corrected chi connectivity index (χ1v) is 20.5. The normalized spacial score (nSPS) is 13.6. The van der Waals surface area contributed by atoms with Crippen molar-refractivity contribution in [2.45, 2.75) is 244 Å². The summed E-state index contributed by atoms with van der Waals surface area (Å²) in [6.07, 6.45) is 38.2. The van der Waals surface area contributed by atoms with Crippen LogP contribution < -0.4 is 0 Å². The molecule has 0 aromatic rings. The van der Waals surface area contributed by atoms with E-state index in [1.54, 1.807) is 0 Å². The van der Waals surface area contributed by atoms with Crippen molar-refractivity contribution >= 4 is 11.6 Å². The zero-order valence-electron chi connectivity index (χ0n) is 31.0. The molecule has 5 nitrogen and oxygen atoms in total. The molecular weight excluding hydrogens is 572 g/mol. The molecule has 0 saturated carbocycles. The third-order valence-corrected chi connectivity index (χ3v) is 10.0. The molecule has 5 heteroatoms. The summed E-state index contributed by atoms with van der Waals surface area (Å²) in [5.41, 5.74) is -2.37. The number of carbonyl (C=O) groups excluding carboxylic acids is 2. The minimum absolute atomic E-state index is 0.0821. The SMILES string of the molecule is CCCCCCCCCCCCCCCCCCCC(=O)C(O)C(O)(CO)C(=O)CCCCCCCCCCCCCCCCC. The molecule has 0 saturated heterocycles. The van der Waals surface area contributed by atoms with Gasteiger partial charge in [-0.1, -0.05) is 206 Å². The molecule has 0 aliphatic heterocycles. The van der Waals surface area contributed by atoms with Crippen LogP contribution in [0.25, 0.3) is 0 Å². The highest BCUT2D eigenvalue weighted by Crippen LogP contribution is 2.21. The maximum Gasteiger partial charge on any atom is 0.178 e. The van der Waals surface area contributed by atoms with Crippen LogP contribution in [-0.2, 0) is 9.59 Å². The molecule has 274 valence electrons. The van der Waals surface area contributed by atoms with Crippen molar-refractivity contribution in [1.29, 1.82) is 0 Å². The third-order valence-electron chi connectivity index (χ3n) is 10.0. The van der Waals surface area contributed by atoms with Crippen molar-refractivity contribution in [3.8, 4) is 0 Å². The Balaban J connectivity index is 3.76. The third kappa shape index (κ3) is 26.2. The van der Waals surface area contributed by atoms with Crippen LogP contribution in [0.1, 0.15) is 232 Å². The van der Waals surface area contributed by atoms with Gasteiger partial charge in [-0.15, -0.1) is 0 Å². The number of ketones is 2. The molecule has 0 aliphatic carbocycles. The maximum absolute atomic E-state index is 12.7. The minimum atomic E-state index is -2.37. The van der Waals surface area contributed by atoms with E-state index >= 15 is 0 Å². The van der Waals surface area contributed by atoms with Gasteiger partial charge in [0.1, 0.15) is 0 Å². The molecule has 0 aliphatic rings. The average molecular weight is 653 g/mol. The van der Waals surface area contributed by atoms with Gasteiger partial charge in [-0.3, -0.25) is 9.59 Å². The fraction of sp³-hybridized carbons (Fsp3) is 0.951. The van der Waals surface area contributed by atoms with Gasteiger partial charge in [-0.25, -0.2) is 0 Å². The van der Waals surface area contributed by atoms with Gasteiger partial charge in [0.15, 0.2) is 23.3 Å². The largest absolute Gasteiger partial charge is 0.393 e. The van der Waals surface area contributed by atoms with Crippen molar-refractivity contribution in [3.63, 3.8) is 0 Å². The first kappa shape index (κ1) is 45.2. The fourth-order valence-electron chi connectivity index (χ4n) is 6.63. The first-order valence-electron chi connectivity index (χ1n) is 20.5. The summed E-state index contributed by atoms with van der Waals surface area (Å²) in [6, 6.07) is 0. The monoisotopic (exact) mass is 653 g/mol. The van der Waals surface area contributed by atoms with Gasteiger partial charge < -0.3 is 15.3 Å². The summed E-state index contributed by atoms with van der Waals surface area (Å²) in [7, 11) is 0. The first-order chi connectivity index (χ1) is 22.4. The molecular formula is C41H80O5. The van der Waals surface area contributed by atoms with Gasteiger partial charge in [0, 0.05) is 12.8 Å². The van der Waals surface area contributed by atoms with Crippen molar-refractivity contribution < 1.29 is 24.9 Å². The lowest BCUT2D eigenvalue weighted by Gasteiger charge is -2.29. The quantitative estimate of drug-likeness (QED) is 0.0577. The zero-order chi connectivity index (χ0) is 34.0. The second kappa shape index (κ2) is 34.1. The van der Waals surface area contributed by atoms with Crippen molar-refractivity contribution in [2.24, 2.45) is 0 Å². The number of rotatable bonds is 38. The van der Waals surface area contributed by atoms with Gasteiger partial charge in [0.05, 0.1) is 6.61 Å². The summed E-state index contributed by atoms with van der Waals surface area (Å²) in [5, 5.41) is 30.9.